The standard InChI is InChI=1S/C13H16F3NO/c14-13(15,16)11-4-2-1-3-10(11)12(9-17)5-7-18-8-6-12/h1-4H,5-9,17H2. The molecule has 0 bridgehead atoms. The Kier molecular flexibility index (Phi) is 3.64. The van der Waals surface area contributed by atoms with Crippen LogP contribution in [0.2, 0.25) is 0 Å². The van der Waals surface area contributed by atoms with Crippen molar-refractivity contribution in [2.45, 2.75) is 24.4 Å². The lowest BCUT2D eigenvalue weighted by atomic mass is 9.72. The molecule has 1 saturated heterocycles. The number of alkyl halides is 3. The molecule has 1 fully saturated rings. The topological polar surface area (TPSA) is 35.2 Å². The third-order valence-electron chi connectivity index (χ3n) is 3.64. The van der Waals surface area contributed by atoms with E-state index < -0.39 is 17.2 Å². The zero-order valence-electron chi connectivity index (χ0n) is 9.96. The minimum atomic E-state index is -4.34. The van der Waals surface area contributed by atoms with Crippen LogP contribution in [0.4, 0.5) is 13.2 Å². The molecule has 1 aromatic rings. The lowest BCUT2D eigenvalue weighted by Gasteiger charge is -2.38. The maximum absolute atomic E-state index is 13.0. The van der Waals surface area contributed by atoms with Crippen molar-refractivity contribution in [3.05, 3.63) is 35.4 Å². The molecule has 1 aliphatic heterocycles. The Morgan fingerprint density at radius 1 is 1.17 bits per heavy atom. The van der Waals surface area contributed by atoms with Crippen molar-refractivity contribution in [3.8, 4) is 0 Å². The second-order valence-corrected chi connectivity index (χ2v) is 4.64. The van der Waals surface area contributed by atoms with Gasteiger partial charge in [0.15, 0.2) is 0 Å². The van der Waals surface area contributed by atoms with Crippen LogP contribution in [0.1, 0.15) is 24.0 Å². The summed E-state index contributed by atoms with van der Waals surface area (Å²) < 4.78 is 44.3. The Hall–Kier alpha value is -1.07. The Labute approximate surface area is 104 Å². The van der Waals surface area contributed by atoms with Crippen molar-refractivity contribution in [2.24, 2.45) is 5.73 Å². The van der Waals surface area contributed by atoms with Crippen molar-refractivity contribution >= 4 is 0 Å². The first-order chi connectivity index (χ1) is 8.49. The summed E-state index contributed by atoms with van der Waals surface area (Å²) in [6.45, 7) is 1.14. The molecular weight excluding hydrogens is 243 g/mol. The van der Waals surface area contributed by atoms with E-state index in [4.69, 9.17) is 10.5 Å². The summed E-state index contributed by atoms with van der Waals surface area (Å²) in [5.74, 6) is 0. The van der Waals surface area contributed by atoms with Crippen LogP contribution in [0, 0.1) is 0 Å². The molecule has 1 aromatic carbocycles. The summed E-state index contributed by atoms with van der Waals surface area (Å²) in [6.07, 6.45) is -3.26. The fraction of sp³-hybridized carbons (Fsp3) is 0.538. The van der Waals surface area contributed by atoms with E-state index in [1.54, 1.807) is 12.1 Å². The van der Waals surface area contributed by atoms with Crippen LogP contribution >= 0.6 is 0 Å². The summed E-state index contributed by atoms with van der Waals surface area (Å²) in [5.41, 5.74) is 4.89. The molecule has 2 rings (SSSR count). The van der Waals surface area contributed by atoms with Gasteiger partial charge in [-0.1, -0.05) is 18.2 Å². The zero-order chi connectivity index (χ0) is 13.2. The van der Waals surface area contributed by atoms with E-state index in [1.165, 1.54) is 6.07 Å². The molecule has 100 valence electrons. The van der Waals surface area contributed by atoms with Gasteiger partial charge in [0.05, 0.1) is 5.56 Å². The first-order valence-corrected chi connectivity index (χ1v) is 5.94. The Morgan fingerprint density at radius 2 is 1.78 bits per heavy atom. The Morgan fingerprint density at radius 3 is 2.33 bits per heavy atom. The molecule has 0 atom stereocenters. The van der Waals surface area contributed by atoms with E-state index in [0.717, 1.165) is 6.07 Å². The fourth-order valence-corrected chi connectivity index (χ4v) is 2.54. The molecule has 0 saturated carbocycles. The van der Waals surface area contributed by atoms with Gasteiger partial charge in [0.1, 0.15) is 0 Å². The summed E-state index contributed by atoms with van der Waals surface area (Å²) in [5, 5.41) is 0. The van der Waals surface area contributed by atoms with Gasteiger partial charge in [0, 0.05) is 25.2 Å². The van der Waals surface area contributed by atoms with Gasteiger partial charge in [-0.05, 0) is 24.5 Å². The molecule has 0 amide bonds. The number of hydrogen-bond acceptors (Lipinski definition) is 2. The van der Waals surface area contributed by atoms with Crippen LogP contribution in [0.25, 0.3) is 0 Å². The average molecular weight is 259 g/mol. The van der Waals surface area contributed by atoms with E-state index in [1.807, 2.05) is 0 Å². The van der Waals surface area contributed by atoms with Gasteiger partial charge < -0.3 is 10.5 Å². The SMILES string of the molecule is NCC1(c2ccccc2C(F)(F)F)CCOCC1. The molecule has 0 aromatic heterocycles. The fourth-order valence-electron chi connectivity index (χ4n) is 2.54. The highest BCUT2D eigenvalue weighted by Crippen LogP contribution is 2.41. The lowest BCUT2D eigenvalue weighted by molar-refractivity contribution is -0.139. The molecule has 0 unspecified atom stereocenters. The van der Waals surface area contributed by atoms with Crippen molar-refractivity contribution in [3.63, 3.8) is 0 Å². The first kappa shape index (κ1) is 13.4. The minimum Gasteiger partial charge on any atom is -0.381 e. The van der Waals surface area contributed by atoms with Crippen molar-refractivity contribution < 1.29 is 17.9 Å². The molecular formula is C13H16F3NO. The molecule has 5 heteroatoms. The van der Waals surface area contributed by atoms with Crippen LogP contribution in [-0.4, -0.2) is 19.8 Å². The summed E-state index contributed by atoms with van der Waals surface area (Å²) >= 11 is 0. The number of ether oxygens (including phenoxy) is 1. The second kappa shape index (κ2) is 4.90. The van der Waals surface area contributed by atoms with Crippen LogP contribution in [0.3, 0.4) is 0 Å². The van der Waals surface area contributed by atoms with Crippen LogP contribution in [0.5, 0.6) is 0 Å². The Balaban J connectivity index is 2.48. The molecule has 1 aliphatic rings. The molecule has 1 heterocycles. The lowest BCUT2D eigenvalue weighted by Crippen LogP contribution is -2.42. The molecule has 0 radical (unpaired) electrons. The van der Waals surface area contributed by atoms with Crippen molar-refractivity contribution in [1.29, 1.82) is 0 Å². The first-order valence-electron chi connectivity index (χ1n) is 5.94. The van der Waals surface area contributed by atoms with Gasteiger partial charge in [0.25, 0.3) is 0 Å². The van der Waals surface area contributed by atoms with Gasteiger partial charge in [-0.3, -0.25) is 0 Å². The predicted octanol–water partition coefficient (Wildman–Crippen LogP) is 2.71. The van der Waals surface area contributed by atoms with Gasteiger partial charge in [-0.15, -0.1) is 0 Å². The third kappa shape index (κ3) is 2.37. The molecule has 2 N–H and O–H groups in total. The summed E-state index contributed by atoms with van der Waals surface area (Å²) in [4.78, 5) is 0. The van der Waals surface area contributed by atoms with Crippen molar-refractivity contribution in [1.82, 2.24) is 0 Å². The smallest absolute Gasteiger partial charge is 0.381 e. The van der Waals surface area contributed by atoms with Gasteiger partial charge in [0.2, 0.25) is 0 Å². The van der Waals surface area contributed by atoms with Gasteiger partial charge in [-0.25, -0.2) is 0 Å². The number of rotatable bonds is 2. The maximum Gasteiger partial charge on any atom is 0.416 e. The van der Waals surface area contributed by atoms with Gasteiger partial charge >= 0.3 is 6.18 Å². The third-order valence-corrected chi connectivity index (χ3v) is 3.64. The van der Waals surface area contributed by atoms with Crippen LogP contribution in [0.15, 0.2) is 24.3 Å². The highest BCUT2D eigenvalue weighted by atomic mass is 19.4. The van der Waals surface area contributed by atoms with Crippen molar-refractivity contribution in [2.75, 3.05) is 19.8 Å². The van der Waals surface area contributed by atoms with E-state index in [0.29, 0.717) is 31.6 Å². The average Bonchev–Trinajstić information content (AvgIpc) is 2.38. The van der Waals surface area contributed by atoms with E-state index in [-0.39, 0.29) is 6.54 Å². The van der Waals surface area contributed by atoms with Crippen LogP contribution in [-0.2, 0) is 16.3 Å². The Bertz CT molecular complexity index is 411. The molecule has 0 spiro atoms. The molecule has 2 nitrogen and oxygen atoms in total. The molecule has 0 aliphatic carbocycles. The summed E-state index contributed by atoms with van der Waals surface area (Å²) in [6, 6.07) is 5.72. The molecule has 18 heavy (non-hydrogen) atoms. The normalized spacial score (nSPS) is 19.8. The van der Waals surface area contributed by atoms with E-state index in [9.17, 15) is 13.2 Å². The zero-order valence-corrected chi connectivity index (χ0v) is 9.96. The number of benzene rings is 1. The minimum absolute atomic E-state index is 0.212. The number of nitrogens with two attached hydrogens (primary N) is 1. The van der Waals surface area contributed by atoms with Crippen LogP contribution < -0.4 is 5.73 Å². The largest absolute Gasteiger partial charge is 0.416 e. The number of halogens is 3. The number of hydrogen-bond donors (Lipinski definition) is 1. The predicted molar refractivity (Wildman–Crippen MR) is 62.2 cm³/mol. The van der Waals surface area contributed by atoms with Gasteiger partial charge in [-0.2, -0.15) is 13.2 Å². The second-order valence-electron chi connectivity index (χ2n) is 4.64. The highest BCUT2D eigenvalue weighted by Gasteiger charge is 2.41. The van der Waals surface area contributed by atoms with E-state index >= 15 is 0 Å². The monoisotopic (exact) mass is 259 g/mol. The quantitative estimate of drug-likeness (QED) is 0.886. The summed E-state index contributed by atoms with van der Waals surface area (Å²) in [7, 11) is 0. The highest BCUT2D eigenvalue weighted by molar-refractivity contribution is 5.37. The maximum atomic E-state index is 13.0. The van der Waals surface area contributed by atoms with E-state index in [2.05, 4.69) is 0 Å².